The number of nitrogens with zero attached hydrogens (tertiary/aromatic N) is 3. The summed E-state index contributed by atoms with van der Waals surface area (Å²) in [4.78, 5) is 1.85. The molecule has 0 aromatic heterocycles. The fourth-order valence-electron chi connectivity index (χ4n) is 6.93. The summed E-state index contributed by atoms with van der Waals surface area (Å²) in [5.74, 6) is -1.61. The third-order valence-corrected chi connectivity index (χ3v) is 10.4. The second-order valence-electron chi connectivity index (χ2n) is 11.3. The molecule has 5 rings (SSSR count). The van der Waals surface area contributed by atoms with Gasteiger partial charge in [-0.3, -0.25) is 4.90 Å². The lowest BCUT2D eigenvalue weighted by atomic mass is 9.79. The molecule has 2 bridgehead atoms. The van der Waals surface area contributed by atoms with Gasteiger partial charge in [0, 0.05) is 18.7 Å². The first-order chi connectivity index (χ1) is 18.2. The van der Waals surface area contributed by atoms with Gasteiger partial charge in [0.15, 0.2) is 0 Å². The Morgan fingerprint density at radius 1 is 1.05 bits per heavy atom. The highest BCUT2D eigenvalue weighted by atomic mass is 32.2. The number of fused-ring (bicyclic) bond motifs is 1. The van der Waals surface area contributed by atoms with Crippen LogP contribution in [0.5, 0.6) is 0 Å². The molecule has 3 fully saturated rings. The monoisotopic (exact) mass is 576 g/mol. The van der Waals surface area contributed by atoms with Crippen LogP contribution in [-0.4, -0.2) is 68.2 Å². The van der Waals surface area contributed by atoms with E-state index in [0.29, 0.717) is 29.1 Å². The van der Waals surface area contributed by atoms with Crippen molar-refractivity contribution in [1.82, 2.24) is 13.9 Å². The summed E-state index contributed by atoms with van der Waals surface area (Å²) >= 11 is 0. The number of benzene rings is 1. The molecule has 1 aromatic rings. The zero-order valence-electron chi connectivity index (χ0n) is 21.2. The maximum atomic E-state index is 13.1. The molecule has 2 aliphatic carbocycles. The standard InChI is InChI=1S/C26H30F6N4O2S/c27-25(28,29)16-36-15-24(34-39(36,37)38)22-3-4-23(24)12-20-10-17(1-2-19(20)11-22)9-18(13-33)14-35-7-5-21(6-8-35)26(30,31)32/h1-2,9-10,21-23,34H,3-8,11-12,14-16H2/t22-,23+,24+/m0/s1. The summed E-state index contributed by atoms with van der Waals surface area (Å²) in [5, 5.41) is 9.69. The number of nitrogens with one attached hydrogen (secondary N) is 1. The number of halogens is 6. The average Bonchev–Trinajstić information content (AvgIpc) is 3.22. The Hall–Kier alpha value is -2.14. The van der Waals surface area contributed by atoms with Crippen molar-refractivity contribution in [1.29, 1.82) is 5.26 Å². The van der Waals surface area contributed by atoms with Crippen molar-refractivity contribution in [3.05, 3.63) is 40.5 Å². The Morgan fingerprint density at radius 2 is 1.69 bits per heavy atom. The van der Waals surface area contributed by atoms with Crippen LogP contribution in [0.1, 0.15) is 42.4 Å². The molecular formula is C26H30F6N4O2S. The first kappa shape index (κ1) is 28.4. The Bertz CT molecular complexity index is 1280. The molecule has 1 aromatic carbocycles. The quantitative estimate of drug-likeness (QED) is 0.425. The van der Waals surface area contributed by atoms with E-state index in [-0.39, 0.29) is 50.9 Å². The summed E-state index contributed by atoms with van der Waals surface area (Å²) in [5.41, 5.74) is 2.22. The van der Waals surface area contributed by atoms with Gasteiger partial charge in [-0.2, -0.15) is 49.0 Å². The maximum absolute atomic E-state index is 13.1. The molecule has 0 radical (unpaired) electrons. The third kappa shape index (κ3) is 5.85. The molecule has 39 heavy (non-hydrogen) atoms. The van der Waals surface area contributed by atoms with Crippen LogP contribution < -0.4 is 4.72 Å². The molecule has 13 heteroatoms. The molecule has 1 N–H and O–H groups in total. The predicted octanol–water partition coefficient (Wildman–Crippen LogP) is 4.44. The SMILES string of the molecule is N#CC(=Cc1ccc2c(c1)C[C@H]1CC[C@@H](C2)[C@]12CN(CC(F)(F)F)S(=O)(=O)N2)CN1CCC(C(F)(F)F)CC1. The highest BCUT2D eigenvalue weighted by Crippen LogP contribution is 2.50. The molecule has 1 saturated carbocycles. The van der Waals surface area contributed by atoms with E-state index in [1.807, 2.05) is 23.1 Å². The molecular weight excluding hydrogens is 546 g/mol. The first-order valence-electron chi connectivity index (χ1n) is 13.1. The number of nitriles is 1. The molecule has 2 aliphatic heterocycles. The van der Waals surface area contributed by atoms with Crippen molar-refractivity contribution < 1.29 is 34.8 Å². The van der Waals surface area contributed by atoms with E-state index in [2.05, 4.69) is 10.8 Å². The van der Waals surface area contributed by atoms with E-state index in [0.717, 1.165) is 23.1 Å². The van der Waals surface area contributed by atoms with Gasteiger partial charge in [-0.15, -0.1) is 0 Å². The summed E-state index contributed by atoms with van der Waals surface area (Å²) in [6.07, 6.45) is -4.64. The van der Waals surface area contributed by atoms with Crippen LogP contribution >= 0.6 is 0 Å². The molecule has 2 saturated heterocycles. The summed E-state index contributed by atoms with van der Waals surface area (Å²) in [6.45, 7) is -0.951. The Morgan fingerprint density at radius 3 is 2.28 bits per heavy atom. The van der Waals surface area contributed by atoms with Gasteiger partial charge in [0.2, 0.25) is 0 Å². The predicted molar refractivity (Wildman–Crippen MR) is 131 cm³/mol. The van der Waals surface area contributed by atoms with Crippen molar-refractivity contribution in [3.63, 3.8) is 0 Å². The summed E-state index contributed by atoms with van der Waals surface area (Å²) < 4.78 is 107. The Kier molecular flexibility index (Phi) is 7.31. The molecule has 214 valence electrons. The minimum absolute atomic E-state index is 0.00944. The van der Waals surface area contributed by atoms with Gasteiger partial charge in [-0.05, 0) is 86.2 Å². The molecule has 2 heterocycles. The zero-order valence-corrected chi connectivity index (χ0v) is 22.0. The summed E-state index contributed by atoms with van der Waals surface area (Å²) in [6, 6.07) is 7.87. The topological polar surface area (TPSA) is 76.4 Å². The lowest BCUT2D eigenvalue weighted by Crippen LogP contribution is -2.52. The van der Waals surface area contributed by atoms with Crippen molar-refractivity contribution in [2.24, 2.45) is 17.8 Å². The fourth-order valence-corrected chi connectivity index (χ4v) is 8.64. The van der Waals surface area contributed by atoms with E-state index in [4.69, 9.17) is 0 Å². The molecule has 0 amide bonds. The lowest BCUT2D eigenvalue weighted by molar-refractivity contribution is -0.184. The van der Waals surface area contributed by atoms with Gasteiger partial charge in [-0.1, -0.05) is 18.2 Å². The second kappa shape index (κ2) is 10.0. The molecule has 1 spiro atoms. The van der Waals surface area contributed by atoms with E-state index in [9.17, 15) is 40.0 Å². The van der Waals surface area contributed by atoms with Crippen molar-refractivity contribution in [2.75, 3.05) is 32.7 Å². The van der Waals surface area contributed by atoms with E-state index < -0.39 is 40.6 Å². The van der Waals surface area contributed by atoms with Crippen molar-refractivity contribution in [3.8, 4) is 6.07 Å². The number of hydrogen-bond donors (Lipinski definition) is 1. The Labute approximate surface area is 223 Å². The molecule has 6 nitrogen and oxygen atoms in total. The minimum atomic E-state index is -4.64. The van der Waals surface area contributed by atoms with E-state index >= 15 is 0 Å². The van der Waals surface area contributed by atoms with E-state index in [1.54, 1.807) is 6.08 Å². The molecule has 0 unspecified atom stereocenters. The maximum Gasteiger partial charge on any atom is 0.402 e. The van der Waals surface area contributed by atoms with Gasteiger partial charge in [0.25, 0.3) is 10.2 Å². The first-order valence-corrected chi connectivity index (χ1v) is 14.5. The Balaban J connectivity index is 1.32. The highest BCUT2D eigenvalue weighted by molar-refractivity contribution is 7.87. The zero-order chi connectivity index (χ0) is 28.2. The number of hydrogen-bond acceptors (Lipinski definition) is 4. The van der Waals surface area contributed by atoms with E-state index in [1.165, 1.54) is 0 Å². The number of rotatable bonds is 4. The van der Waals surface area contributed by atoms with Crippen LogP contribution in [0.2, 0.25) is 0 Å². The lowest BCUT2D eigenvalue weighted by Gasteiger charge is -2.33. The highest BCUT2D eigenvalue weighted by Gasteiger charge is 2.60. The van der Waals surface area contributed by atoms with Gasteiger partial charge >= 0.3 is 12.4 Å². The number of likely N-dealkylation sites (tertiary alicyclic amines) is 1. The number of alkyl halides is 6. The van der Waals surface area contributed by atoms with Crippen LogP contribution in [0.25, 0.3) is 6.08 Å². The smallest absolute Gasteiger partial charge is 0.298 e. The molecule has 4 aliphatic rings. The normalized spacial score (nSPS) is 30.3. The van der Waals surface area contributed by atoms with Gasteiger partial charge in [0.1, 0.15) is 6.54 Å². The third-order valence-electron chi connectivity index (χ3n) is 8.87. The molecule has 3 atom stereocenters. The van der Waals surface area contributed by atoms with Gasteiger partial charge in [0.05, 0.1) is 17.5 Å². The van der Waals surface area contributed by atoms with Crippen LogP contribution in [0, 0.1) is 29.1 Å². The van der Waals surface area contributed by atoms with Gasteiger partial charge < -0.3 is 0 Å². The largest absolute Gasteiger partial charge is 0.402 e. The average molecular weight is 577 g/mol. The minimum Gasteiger partial charge on any atom is -0.298 e. The number of piperidine rings is 1. The fraction of sp³-hybridized carbons (Fsp3) is 0.654. The van der Waals surface area contributed by atoms with Crippen LogP contribution in [0.4, 0.5) is 26.3 Å². The van der Waals surface area contributed by atoms with Crippen LogP contribution in [-0.2, 0) is 23.1 Å². The van der Waals surface area contributed by atoms with Gasteiger partial charge in [-0.25, -0.2) is 0 Å². The van der Waals surface area contributed by atoms with Crippen molar-refractivity contribution in [2.45, 2.75) is 56.4 Å². The van der Waals surface area contributed by atoms with Crippen LogP contribution in [0.15, 0.2) is 23.8 Å². The van der Waals surface area contributed by atoms with Crippen LogP contribution in [0.3, 0.4) is 0 Å². The second-order valence-corrected chi connectivity index (χ2v) is 13.0. The summed E-state index contributed by atoms with van der Waals surface area (Å²) in [7, 11) is -4.26. The van der Waals surface area contributed by atoms with Crippen molar-refractivity contribution >= 4 is 16.3 Å².